The van der Waals surface area contributed by atoms with Gasteiger partial charge in [0.1, 0.15) is 11.6 Å². The second-order valence-corrected chi connectivity index (χ2v) is 7.48. The number of carbonyl (C=O) groups is 2. The van der Waals surface area contributed by atoms with E-state index >= 15 is 0 Å². The van der Waals surface area contributed by atoms with Crippen LogP contribution in [0.5, 0.6) is 0 Å². The number of hydrogen-bond donors (Lipinski definition) is 2. The molecule has 7 nitrogen and oxygen atoms in total. The van der Waals surface area contributed by atoms with Gasteiger partial charge in [0.2, 0.25) is 11.7 Å². The van der Waals surface area contributed by atoms with Crippen LogP contribution in [0.15, 0.2) is 24.3 Å². The molecule has 0 spiro atoms. The van der Waals surface area contributed by atoms with Crippen LogP contribution >= 0.6 is 11.6 Å². The highest BCUT2D eigenvalue weighted by molar-refractivity contribution is 6.30. The van der Waals surface area contributed by atoms with Gasteiger partial charge >= 0.3 is 6.09 Å². The van der Waals surface area contributed by atoms with Crippen LogP contribution in [-0.4, -0.2) is 43.4 Å². The summed E-state index contributed by atoms with van der Waals surface area (Å²) in [4.78, 5) is 24.1. The number of halogens is 1. The maximum Gasteiger partial charge on any atom is 0.408 e. The number of hydrogen-bond acceptors (Lipinski definition) is 5. The van der Waals surface area contributed by atoms with Gasteiger partial charge in [-0.1, -0.05) is 23.7 Å². The monoisotopic (exact) mass is 384 g/mol. The lowest BCUT2D eigenvalue weighted by Gasteiger charge is -2.29. The summed E-state index contributed by atoms with van der Waals surface area (Å²) in [6.07, 6.45) is -0.652. The first-order valence-electron chi connectivity index (χ1n) is 8.42. The van der Waals surface area contributed by atoms with Crippen LogP contribution in [0.3, 0.4) is 0 Å². The molecule has 0 radical (unpaired) electrons. The third kappa shape index (κ3) is 5.59. The number of nitrogens with one attached hydrogen (secondary N) is 2. The van der Waals surface area contributed by atoms with E-state index in [9.17, 15) is 9.59 Å². The van der Waals surface area contributed by atoms with Gasteiger partial charge < -0.3 is 24.8 Å². The van der Waals surface area contributed by atoms with E-state index in [1.807, 2.05) is 0 Å². The fourth-order valence-corrected chi connectivity index (χ4v) is 2.56. The Hall–Kier alpha value is -1.83. The van der Waals surface area contributed by atoms with Gasteiger partial charge in [0.05, 0.1) is 19.8 Å². The molecular formula is C18H25ClN2O5. The predicted octanol–water partition coefficient (Wildman–Crippen LogP) is 2.57. The van der Waals surface area contributed by atoms with Crippen molar-refractivity contribution in [2.45, 2.75) is 45.1 Å². The van der Waals surface area contributed by atoms with Crippen LogP contribution in [0.4, 0.5) is 4.79 Å². The van der Waals surface area contributed by atoms with Crippen molar-refractivity contribution in [3.8, 4) is 0 Å². The molecule has 1 heterocycles. The van der Waals surface area contributed by atoms with E-state index < -0.39 is 23.5 Å². The van der Waals surface area contributed by atoms with Crippen molar-refractivity contribution >= 4 is 23.6 Å². The highest BCUT2D eigenvalue weighted by atomic mass is 35.5. The third-order valence-corrected chi connectivity index (χ3v) is 3.91. The molecule has 1 aromatic carbocycles. The summed E-state index contributed by atoms with van der Waals surface area (Å²) in [5, 5.41) is 5.85. The summed E-state index contributed by atoms with van der Waals surface area (Å²) in [7, 11) is 0. The van der Waals surface area contributed by atoms with Crippen molar-refractivity contribution in [2.24, 2.45) is 0 Å². The van der Waals surface area contributed by atoms with E-state index in [0.29, 0.717) is 18.2 Å². The van der Waals surface area contributed by atoms with Crippen LogP contribution < -0.4 is 10.6 Å². The first-order valence-corrected chi connectivity index (χ1v) is 8.80. The fourth-order valence-electron chi connectivity index (χ4n) is 2.44. The summed E-state index contributed by atoms with van der Waals surface area (Å²) in [5.74, 6) is -1.44. The van der Waals surface area contributed by atoms with Gasteiger partial charge in [-0.15, -0.1) is 0 Å². The molecule has 1 fully saturated rings. The summed E-state index contributed by atoms with van der Waals surface area (Å²) in [6, 6.07) is 6.29. The highest BCUT2D eigenvalue weighted by Gasteiger charge is 2.39. The van der Waals surface area contributed by atoms with Crippen molar-refractivity contribution in [3.05, 3.63) is 34.9 Å². The Morgan fingerprint density at radius 1 is 1.23 bits per heavy atom. The van der Waals surface area contributed by atoms with Gasteiger partial charge in [0.15, 0.2) is 0 Å². The van der Waals surface area contributed by atoms with Crippen molar-refractivity contribution in [2.75, 3.05) is 19.8 Å². The van der Waals surface area contributed by atoms with Gasteiger partial charge in [-0.3, -0.25) is 4.79 Å². The number of carbonyl (C=O) groups excluding carboxylic acids is 2. The quantitative estimate of drug-likeness (QED) is 0.814. The molecule has 26 heavy (non-hydrogen) atoms. The first kappa shape index (κ1) is 20.5. The normalized spacial score (nSPS) is 17.4. The average molecular weight is 385 g/mol. The summed E-state index contributed by atoms with van der Waals surface area (Å²) in [6.45, 7) is 7.78. The van der Waals surface area contributed by atoms with Crippen molar-refractivity contribution < 1.29 is 23.8 Å². The zero-order chi connectivity index (χ0) is 19.4. The smallest absolute Gasteiger partial charge is 0.408 e. The van der Waals surface area contributed by atoms with Crippen LogP contribution in [0.25, 0.3) is 0 Å². The molecule has 2 N–H and O–H groups in total. The molecule has 1 aromatic rings. The lowest BCUT2D eigenvalue weighted by atomic mass is 10.1. The molecule has 0 aromatic heterocycles. The molecule has 1 saturated heterocycles. The zero-order valence-electron chi connectivity index (χ0n) is 15.4. The average Bonchev–Trinajstić information content (AvgIpc) is 3.01. The molecule has 1 atom stereocenters. The van der Waals surface area contributed by atoms with E-state index in [0.717, 1.165) is 5.56 Å². The zero-order valence-corrected chi connectivity index (χ0v) is 16.2. The first-order chi connectivity index (χ1) is 12.1. The van der Waals surface area contributed by atoms with Crippen LogP contribution in [-0.2, 0) is 24.8 Å². The van der Waals surface area contributed by atoms with Crippen LogP contribution in [0, 0.1) is 0 Å². The Kier molecular flexibility index (Phi) is 6.49. The minimum atomic E-state index is -1.06. The standard InChI is InChI=1S/C18H25ClN2O5/c1-12(21-16(23)26-17(2,3)4)15(22)20-11-18(24-9-10-25-18)13-5-7-14(19)8-6-13/h5-8,12H,9-11H2,1-4H3,(H,20,22)(H,21,23). The molecule has 8 heteroatoms. The lowest BCUT2D eigenvalue weighted by molar-refractivity contribution is -0.165. The number of amides is 2. The van der Waals surface area contributed by atoms with E-state index in [-0.39, 0.29) is 12.5 Å². The number of ether oxygens (including phenoxy) is 3. The maximum atomic E-state index is 12.3. The van der Waals surface area contributed by atoms with E-state index in [1.54, 1.807) is 52.0 Å². The van der Waals surface area contributed by atoms with E-state index in [4.69, 9.17) is 25.8 Å². The second kappa shape index (κ2) is 8.24. The van der Waals surface area contributed by atoms with E-state index in [2.05, 4.69) is 10.6 Å². The molecular weight excluding hydrogens is 360 g/mol. The Bertz CT molecular complexity index is 636. The van der Waals surface area contributed by atoms with Gasteiger partial charge in [0.25, 0.3) is 0 Å². The molecule has 144 valence electrons. The molecule has 0 bridgehead atoms. The molecule has 0 saturated carbocycles. The molecule has 1 unspecified atom stereocenters. The highest BCUT2D eigenvalue weighted by Crippen LogP contribution is 2.31. The van der Waals surface area contributed by atoms with Gasteiger partial charge in [0, 0.05) is 10.6 Å². The molecule has 1 aliphatic rings. The lowest BCUT2D eigenvalue weighted by Crippen LogP contribution is -2.50. The van der Waals surface area contributed by atoms with E-state index in [1.165, 1.54) is 0 Å². The Labute approximate surface area is 158 Å². The number of rotatable bonds is 5. The SMILES string of the molecule is CC(NC(=O)OC(C)(C)C)C(=O)NCC1(c2ccc(Cl)cc2)OCCO1. The second-order valence-electron chi connectivity index (χ2n) is 7.04. The molecule has 2 amide bonds. The Morgan fingerprint density at radius 2 is 1.81 bits per heavy atom. The number of alkyl carbamates (subject to hydrolysis) is 1. The molecule has 2 rings (SSSR count). The Balaban J connectivity index is 1.95. The largest absolute Gasteiger partial charge is 0.444 e. The van der Waals surface area contributed by atoms with Crippen molar-refractivity contribution in [1.82, 2.24) is 10.6 Å². The van der Waals surface area contributed by atoms with Gasteiger partial charge in [-0.25, -0.2) is 4.79 Å². The molecule has 0 aliphatic carbocycles. The summed E-state index contributed by atoms with van der Waals surface area (Å²) in [5.41, 5.74) is 0.122. The maximum absolute atomic E-state index is 12.3. The fraction of sp³-hybridized carbons (Fsp3) is 0.556. The number of benzene rings is 1. The predicted molar refractivity (Wildman–Crippen MR) is 96.9 cm³/mol. The summed E-state index contributed by atoms with van der Waals surface area (Å²) >= 11 is 5.92. The van der Waals surface area contributed by atoms with Crippen molar-refractivity contribution in [3.63, 3.8) is 0 Å². The minimum absolute atomic E-state index is 0.105. The minimum Gasteiger partial charge on any atom is -0.444 e. The Morgan fingerprint density at radius 3 is 2.35 bits per heavy atom. The van der Waals surface area contributed by atoms with Crippen molar-refractivity contribution in [1.29, 1.82) is 0 Å². The summed E-state index contributed by atoms with van der Waals surface area (Å²) < 4.78 is 16.6. The van der Waals surface area contributed by atoms with Gasteiger partial charge in [-0.2, -0.15) is 0 Å². The van der Waals surface area contributed by atoms with Crippen LogP contribution in [0.1, 0.15) is 33.3 Å². The van der Waals surface area contributed by atoms with Gasteiger partial charge in [-0.05, 0) is 39.8 Å². The van der Waals surface area contributed by atoms with Crippen LogP contribution in [0.2, 0.25) is 5.02 Å². The third-order valence-electron chi connectivity index (χ3n) is 3.66. The topological polar surface area (TPSA) is 85.9 Å². The molecule has 1 aliphatic heterocycles.